The van der Waals surface area contributed by atoms with Crippen LogP contribution in [-0.4, -0.2) is 27.0 Å². The molecule has 0 radical (unpaired) electrons. The van der Waals surface area contributed by atoms with Gasteiger partial charge in [-0.25, -0.2) is 9.97 Å². The van der Waals surface area contributed by atoms with Gasteiger partial charge in [0.2, 0.25) is 0 Å². The van der Waals surface area contributed by atoms with Gasteiger partial charge >= 0.3 is 0 Å². The SMILES string of the molecule is CNc1ccc(-c2cnc3[nH]cc(-c4ncc[nH]4)c3c2)cc1. The molecule has 0 fully saturated rings. The molecule has 1 aromatic carbocycles. The maximum absolute atomic E-state index is 4.52. The monoisotopic (exact) mass is 289 g/mol. The van der Waals surface area contributed by atoms with Gasteiger partial charge in [-0.15, -0.1) is 0 Å². The normalized spacial score (nSPS) is 11.0. The molecular weight excluding hydrogens is 274 g/mol. The molecule has 0 aliphatic carbocycles. The number of fused-ring (bicyclic) bond motifs is 1. The van der Waals surface area contributed by atoms with E-state index < -0.39 is 0 Å². The minimum absolute atomic E-state index is 0.843. The molecule has 0 unspecified atom stereocenters. The predicted molar refractivity (Wildman–Crippen MR) is 88.7 cm³/mol. The van der Waals surface area contributed by atoms with Crippen molar-refractivity contribution in [2.24, 2.45) is 0 Å². The van der Waals surface area contributed by atoms with Gasteiger partial charge in [-0.3, -0.25) is 0 Å². The van der Waals surface area contributed by atoms with Crippen molar-refractivity contribution in [2.75, 3.05) is 12.4 Å². The van der Waals surface area contributed by atoms with Crippen molar-refractivity contribution >= 4 is 16.7 Å². The fourth-order valence-corrected chi connectivity index (χ4v) is 2.60. The molecular formula is C17H15N5. The first-order valence-electron chi connectivity index (χ1n) is 7.10. The van der Waals surface area contributed by atoms with Crippen LogP contribution < -0.4 is 5.32 Å². The van der Waals surface area contributed by atoms with Crippen LogP contribution in [0.3, 0.4) is 0 Å². The fourth-order valence-electron chi connectivity index (χ4n) is 2.60. The zero-order valence-corrected chi connectivity index (χ0v) is 12.1. The van der Waals surface area contributed by atoms with Crippen molar-refractivity contribution in [3.63, 3.8) is 0 Å². The Hall–Kier alpha value is -3.08. The van der Waals surface area contributed by atoms with E-state index >= 15 is 0 Å². The minimum Gasteiger partial charge on any atom is -0.388 e. The summed E-state index contributed by atoms with van der Waals surface area (Å²) in [7, 11) is 1.91. The highest BCUT2D eigenvalue weighted by Crippen LogP contribution is 2.29. The average Bonchev–Trinajstić information content (AvgIpc) is 3.23. The summed E-state index contributed by atoms with van der Waals surface area (Å²) in [5, 5.41) is 4.19. The summed E-state index contributed by atoms with van der Waals surface area (Å²) in [6, 6.07) is 10.4. The fraction of sp³-hybridized carbons (Fsp3) is 0.0588. The van der Waals surface area contributed by atoms with Gasteiger partial charge in [-0.1, -0.05) is 12.1 Å². The van der Waals surface area contributed by atoms with Gasteiger partial charge in [0, 0.05) is 54.0 Å². The molecule has 5 nitrogen and oxygen atoms in total. The number of benzene rings is 1. The largest absolute Gasteiger partial charge is 0.388 e. The van der Waals surface area contributed by atoms with E-state index in [4.69, 9.17) is 0 Å². The van der Waals surface area contributed by atoms with E-state index in [1.165, 1.54) is 0 Å². The lowest BCUT2D eigenvalue weighted by atomic mass is 10.1. The third kappa shape index (κ3) is 2.03. The number of nitrogens with one attached hydrogen (secondary N) is 3. The second-order valence-electron chi connectivity index (χ2n) is 5.09. The quantitative estimate of drug-likeness (QED) is 0.539. The van der Waals surface area contributed by atoms with Crippen molar-refractivity contribution in [3.8, 4) is 22.5 Å². The summed E-state index contributed by atoms with van der Waals surface area (Å²) >= 11 is 0. The zero-order valence-electron chi connectivity index (χ0n) is 12.1. The molecule has 0 saturated heterocycles. The summed E-state index contributed by atoms with van der Waals surface area (Å²) in [4.78, 5) is 15.2. The van der Waals surface area contributed by atoms with Crippen LogP contribution in [-0.2, 0) is 0 Å². The number of H-pyrrole nitrogens is 2. The number of aromatic nitrogens is 4. The Balaban J connectivity index is 1.83. The molecule has 4 rings (SSSR count). The van der Waals surface area contributed by atoms with Crippen LogP contribution in [0.5, 0.6) is 0 Å². The molecule has 3 heterocycles. The summed E-state index contributed by atoms with van der Waals surface area (Å²) < 4.78 is 0. The van der Waals surface area contributed by atoms with Crippen LogP contribution in [0, 0.1) is 0 Å². The standard InChI is InChI=1S/C17H15N5/c1-18-13-4-2-11(3-5-13)12-8-14-15(17-19-6-7-20-17)10-22-16(14)21-9-12/h2-10,18H,1H3,(H,19,20)(H,21,22). The van der Waals surface area contributed by atoms with Gasteiger partial charge in [0.25, 0.3) is 0 Å². The Morgan fingerprint density at radius 1 is 1.00 bits per heavy atom. The Morgan fingerprint density at radius 2 is 1.86 bits per heavy atom. The number of anilines is 1. The molecule has 5 heteroatoms. The molecule has 3 N–H and O–H groups in total. The van der Waals surface area contributed by atoms with E-state index in [-0.39, 0.29) is 0 Å². The molecule has 3 aromatic heterocycles. The van der Waals surface area contributed by atoms with Crippen molar-refractivity contribution < 1.29 is 0 Å². The molecule has 0 aliphatic heterocycles. The Morgan fingerprint density at radius 3 is 2.59 bits per heavy atom. The van der Waals surface area contributed by atoms with Gasteiger partial charge in [0.05, 0.1) is 0 Å². The number of hydrogen-bond donors (Lipinski definition) is 3. The minimum atomic E-state index is 0.843. The van der Waals surface area contributed by atoms with Crippen LogP contribution >= 0.6 is 0 Å². The number of hydrogen-bond acceptors (Lipinski definition) is 3. The van der Waals surface area contributed by atoms with Crippen molar-refractivity contribution in [1.82, 2.24) is 19.9 Å². The van der Waals surface area contributed by atoms with E-state index in [1.54, 1.807) is 6.20 Å². The van der Waals surface area contributed by atoms with E-state index in [1.807, 2.05) is 25.6 Å². The molecule has 108 valence electrons. The van der Waals surface area contributed by atoms with Crippen molar-refractivity contribution in [1.29, 1.82) is 0 Å². The molecule has 0 amide bonds. The predicted octanol–water partition coefficient (Wildman–Crippen LogP) is 3.66. The maximum atomic E-state index is 4.52. The maximum Gasteiger partial charge on any atom is 0.139 e. The Bertz CT molecular complexity index is 904. The van der Waals surface area contributed by atoms with Crippen molar-refractivity contribution in [2.45, 2.75) is 0 Å². The molecule has 22 heavy (non-hydrogen) atoms. The molecule has 0 atom stereocenters. The first-order valence-corrected chi connectivity index (χ1v) is 7.10. The van der Waals surface area contributed by atoms with Gasteiger partial charge in [-0.05, 0) is 23.8 Å². The second kappa shape index (κ2) is 5.04. The van der Waals surface area contributed by atoms with Gasteiger partial charge in [0.15, 0.2) is 0 Å². The lowest BCUT2D eigenvalue weighted by Crippen LogP contribution is -1.87. The van der Waals surface area contributed by atoms with Crippen molar-refractivity contribution in [3.05, 3.63) is 55.1 Å². The summed E-state index contributed by atoms with van der Waals surface area (Å²) in [6.07, 6.45) is 7.40. The topological polar surface area (TPSA) is 69.4 Å². The Labute approximate surface area is 127 Å². The van der Waals surface area contributed by atoms with Crippen LogP contribution in [0.25, 0.3) is 33.5 Å². The zero-order chi connectivity index (χ0) is 14.9. The summed E-state index contributed by atoms with van der Waals surface area (Å²) in [6.45, 7) is 0. The number of nitrogens with zero attached hydrogens (tertiary/aromatic N) is 2. The van der Waals surface area contributed by atoms with E-state index in [9.17, 15) is 0 Å². The third-order valence-electron chi connectivity index (χ3n) is 3.79. The van der Waals surface area contributed by atoms with Gasteiger partial charge in [0.1, 0.15) is 11.5 Å². The van der Waals surface area contributed by atoms with Gasteiger partial charge < -0.3 is 15.3 Å². The second-order valence-corrected chi connectivity index (χ2v) is 5.09. The highest BCUT2D eigenvalue weighted by molar-refractivity contribution is 5.94. The summed E-state index contributed by atoms with van der Waals surface area (Å²) in [5.41, 5.74) is 5.21. The number of rotatable bonds is 3. The first kappa shape index (κ1) is 12.6. The van der Waals surface area contributed by atoms with Crippen LogP contribution in [0.2, 0.25) is 0 Å². The van der Waals surface area contributed by atoms with Crippen LogP contribution in [0.1, 0.15) is 0 Å². The smallest absolute Gasteiger partial charge is 0.139 e. The summed E-state index contributed by atoms with van der Waals surface area (Å²) in [5.74, 6) is 0.843. The third-order valence-corrected chi connectivity index (χ3v) is 3.79. The highest BCUT2D eigenvalue weighted by atomic mass is 14.9. The molecule has 0 bridgehead atoms. The first-order chi connectivity index (χ1) is 10.8. The van der Waals surface area contributed by atoms with Gasteiger partial charge in [-0.2, -0.15) is 0 Å². The molecule has 4 aromatic rings. The number of imidazole rings is 1. The lowest BCUT2D eigenvalue weighted by Gasteiger charge is -2.04. The Kier molecular flexibility index (Phi) is 2.89. The highest BCUT2D eigenvalue weighted by Gasteiger charge is 2.10. The van der Waals surface area contributed by atoms with E-state index in [0.29, 0.717) is 0 Å². The van der Waals surface area contributed by atoms with Crippen LogP contribution in [0.15, 0.2) is 55.1 Å². The number of pyridine rings is 1. The molecule has 0 aliphatic rings. The number of aromatic amines is 2. The molecule has 0 saturated carbocycles. The lowest BCUT2D eigenvalue weighted by molar-refractivity contribution is 1.31. The molecule has 0 spiro atoms. The van der Waals surface area contributed by atoms with E-state index in [2.05, 4.69) is 55.6 Å². The van der Waals surface area contributed by atoms with Crippen LogP contribution in [0.4, 0.5) is 5.69 Å². The van der Waals surface area contributed by atoms with E-state index in [0.717, 1.165) is 39.2 Å². The average molecular weight is 289 g/mol.